The van der Waals surface area contributed by atoms with E-state index in [9.17, 15) is 0 Å². The Bertz CT molecular complexity index is 454. The standard InChI is InChI=1S/C18H24N2/c1-14(2)13-15(3)20-18(16-7-5-4-6-8-16)17-9-11-19-12-10-17/h4-12,14-15,18,20H,13H2,1-3H3. The van der Waals surface area contributed by atoms with Crippen LogP contribution in [-0.2, 0) is 0 Å². The van der Waals surface area contributed by atoms with Crippen LogP contribution in [0.2, 0.25) is 0 Å². The number of hydrogen-bond acceptors (Lipinski definition) is 2. The van der Waals surface area contributed by atoms with Crippen molar-refractivity contribution in [2.45, 2.75) is 39.3 Å². The Balaban J connectivity index is 2.21. The number of rotatable bonds is 6. The van der Waals surface area contributed by atoms with E-state index in [0.717, 1.165) is 0 Å². The summed E-state index contributed by atoms with van der Waals surface area (Å²) < 4.78 is 0. The summed E-state index contributed by atoms with van der Waals surface area (Å²) in [6.07, 6.45) is 4.90. The van der Waals surface area contributed by atoms with Gasteiger partial charge in [-0.05, 0) is 42.5 Å². The van der Waals surface area contributed by atoms with Gasteiger partial charge in [0.05, 0.1) is 6.04 Å². The Labute approximate surface area is 122 Å². The third-order valence-electron chi connectivity index (χ3n) is 3.45. The lowest BCUT2D eigenvalue weighted by molar-refractivity contribution is 0.417. The van der Waals surface area contributed by atoms with Gasteiger partial charge in [-0.1, -0.05) is 44.2 Å². The minimum atomic E-state index is 0.230. The Morgan fingerprint density at radius 1 is 0.900 bits per heavy atom. The van der Waals surface area contributed by atoms with Crippen LogP contribution in [0.3, 0.4) is 0 Å². The molecule has 0 bridgehead atoms. The molecule has 2 heteroatoms. The molecule has 0 saturated carbocycles. The topological polar surface area (TPSA) is 24.9 Å². The van der Waals surface area contributed by atoms with Gasteiger partial charge in [-0.3, -0.25) is 4.98 Å². The minimum Gasteiger partial charge on any atom is -0.304 e. The summed E-state index contributed by atoms with van der Waals surface area (Å²) in [5.74, 6) is 0.700. The smallest absolute Gasteiger partial charge is 0.0579 e. The van der Waals surface area contributed by atoms with Crippen LogP contribution in [0.25, 0.3) is 0 Å². The number of hydrogen-bond donors (Lipinski definition) is 1. The van der Waals surface area contributed by atoms with Crippen molar-refractivity contribution in [3.8, 4) is 0 Å². The highest BCUT2D eigenvalue weighted by atomic mass is 14.9. The molecule has 0 fully saturated rings. The highest BCUT2D eigenvalue weighted by Gasteiger charge is 2.16. The zero-order valence-corrected chi connectivity index (χ0v) is 12.6. The van der Waals surface area contributed by atoms with E-state index in [1.54, 1.807) is 0 Å². The molecule has 0 aliphatic carbocycles. The predicted octanol–water partition coefficient (Wildman–Crippen LogP) is 4.20. The molecule has 1 aromatic heterocycles. The fourth-order valence-corrected chi connectivity index (χ4v) is 2.65. The lowest BCUT2D eigenvalue weighted by Gasteiger charge is -2.25. The lowest BCUT2D eigenvalue weighted by atomic mass is 9.97. The molecule has 0 aliphatic rings. The second-order valence-electron chi connectivity index (χ2n) is 5.82. The van der Waals surface area contributed by atoms with Crippen molar-refractivity contribution in [2.24, 2.45) is 5.92 Å². The van der Waals surface area contributed by atoms with E-state index in [1.165, 1.54) is 17.5 Å². The fraction of sp³-hybridized carbons (Fsp3) is 0.389. The first-order chi connectivity index (χ1) is 9.66. The predicted molar refractivity (Wildman–Crippen MR) is 84.6 cm³/mol. The van der Waals surface area contributed by atoms with Crippen LogP contribution in [0.15, 0.2) is 54.9 Å². The first kappa shape index (κ1) is 14.7. The summed E-state index contributed by atoms with van der Waals surface area (Å²) in [5.41, 5.74) is 2.57. The molecule has 2 atom stereocenters. The van der Waals surface area contributed by atoms with E-state index < -0.39 is 0 Å². The molecular weight excluding hydrogens is 244 g/mol. The number of aromatic nitrogens is 1. The van der Waals surface area contributed by atoms with E-state index in [0.29, 0.717) is 12.0 Å². The van der Waals surface area contributed by atoms with E-state index in [2.05, 4.69) is 73.5 Å². The van der Waals surface area contributed by atoms with Crippen LogP contribution in [-0.4, -0.2) is 11.0 Å². The van der Waals surface area contributed by atoms with Crippen LogP contribution in [0.5, 0.6) is 0 Å². The van der Waals surface area contributed by atoms with Crippen molar-refractivity contribution in [2.75, 3.05) is 0 Å². The van der Waals surface area contributed by atoms with Gasteiger partial charge in [-0.15, -0.1) is 0 Å². The highest BCUT2D eigenvalue weighted by Crippen LogP contribution is 2.22. The highest BCUT2D eigenvalue weighted by molar-refractivity contribution is 5.30. The summed E-state index contributed by atoms with van der Waals surface area (Å²) in [6.45, 7) is 6.79. The first-order valence-electron chi connectivity index (χ1n) is 7.37. The van der Waals surface area contributed by atoms with Crippen molar-refractivity contribution in [1.29, 1.82) is 0 Å². The monoisotopic (exact) mass is 268 g/mol. The van der Waals surface area contributed by atoms with Gasteiger partial charge in [0.25, 0.3) is 0 Å². The number of pyridine rings is 1. The van der Waals surface area contributed by atoms with Gasteiger partial charge in [0.1, 0.15) is 0 Å². The molecule has 0 amide bonds. The van der Waals surface area contributed by atoms with Gasteiger partial charge >= 0.3 is 0 Å². The molecule has 1 N–H and O–H groups in total. The zero-order valence-electron chi connectivity index (χ0n) is 12.6. The summed E-state index contributed by atoms with van der Waals surface area (Å²) in [5, 5.41) is 3.75. The largest absolute Gasteiger partial charge is 0.304 e. The van der Waals surface area contributed by atoms with Crippen LogP contribution >= 0.6 is 0 Å². The molecule has 0 spiro atoms. The molecule has 2 aromatic rings. The number of nitrogens with zero attached hydrogens (tertiary/aromatic N) is 1. The molecule has 106 valence electrons. The Morgan fingerprint density at radius 3 is 2.10 bits per heavy atom. The summed E-state index contributed by atoms with van der Waals surface area (Å²) in [6, 6.07) is 15.5. The van der Waals surface area contributed by atoms with Gasteiger partial charge in [0.15, 0.2) is 0 Å². The van der Waals surface area contributed by atoms with Crippen molar-refractivity contribution in [1.82, 2.24) is 10.3 Å². The Morgan fingerprint density at radius 2 is 1.50 bits per heavy atom. The average Bonchev–Trinajstić information content (AvgIpc) is 2.46. The summed E-state index contributed by atoms with van der Waals surface area (Å²) >= 11 is 0. The third-order valence-corrected chi connectivity index (χ3v) is 3.45. The van der Waals surface area contributed by atoms with Gasteiger partial charge in [0.2, 0.25) is 0 Å². The summed E-state index contributed by atoms with van der Waals surface area (Å²) in [4.78, 5) is 4.12. The van der Waals surface area contributed by atoms with Gasteiger partial charge in [0, 0.05) is 18.4 Å². The molecule has 0 saturated heterocycles. The fourth-order valence-electron chi connectivity index (χ4n) is 2.65. The lowest BCUT2D eigenvalue weighted by Crippen LogP contribution is -2.32. The van der Waals surface area contributed by atoms with E-state index in [-0.39, 0.29) is 6.04 Å². The first-order valence-corrected chi connectivity index (χ1v) is 7.37. The van der Waals surface area contributed by atoms with E-state index in [4.69, 9.17) is 0 Å². The molecule has 1 aromatic carbocycles. The van der Waals surface area contributed by atoms with Gasteiger partial charge in [-0.2, -0.15) is 0 Å². The van der Waals surface area contributed by atoms with E-state index >= 15 is 0 Å². The summed E-state index contributed by atoms with van der Waals surface area (Å²) in [7, 11) is 0. The second-order valence-corrected chi connectivity index (χ2v) is 5.82. The molecular formula is C18H24N2. The van der Waals surface area contributed by atoms with Crippen molar-refractivity contribution in [3.63, 3.8) is 0 Å². The average molecular weight is 268 g/mol. The van der Waals surface area contributed by atoms with Gasteiger partial charge in [-0.25, -0.2) is 0 Å². The SMILES string of the molecule is CC(C)CC(C)NC(c1ccccc1)c1ccncc1. The number of nitrogens with one attached hydrogen (secondary N) is 1. The number of benzene rings is 1. The van der Waals surface area contributed by atoms with Crippen molar-refractivity contribution < 1.29 is 0 Å². The quantitative estimate of drug-likeness (QED) is 0.849. The second kappa shape index (κ2) is 7.20. The van der Waals surface area contributed by atoms with Crippen LogP contribution in [0, 0.1) is 5.92 Å². The maximum atomic E-state index is 4.12. The van der Waals surface area contributed by atoms with Crippen molar-refractivity contribution >= 4 is 0 Å². The molecule has 0 radical (unpaired) electrons. The zero-order chi connectivity index (χ0) is 14.4. The maximum Gasteiger partial charge on any atom is 0.0579 e. The Kier molecular flexibility index (Phi) is 5.31. The normalized spacial score (nSPS) is 14.2. The molecule has 2 nitrogen and oxygen atoms in total. The van der Waals surface area contributed by atoms with Crippen LogP contribution in [0.4, 0.5) is 0 Å². The molecule has 2 unspecified atom stereocenters. The minimum absolute atomic E-state index is 0.230. The van der Waals surface area contributed by atoms with E-state index in [1.807, 2.05) is 12.4 Å². The molecule has 20 heavy (non-hydrogen) atoms. The third kappa shape index (κ3) is 4.17. The van der Waals surface area contributed by atoms with Gasteiger partial charge < -0.3 is 5.32 Å². The maximum absolute atomic E-state index is 4.12. The molecule has 0 aliphatic heterocycles. The van der Waals surface area contributed by atoms with Crippen LogP contribution < -0.4 is 5.32 Å². The Hall–Kier alpha value is -1.67. The van der Waals surface area contributed by atoms with Crippen molar-refractivity contribution in [3.05, 3.63) is 66.0 Å². The van der Waals surface area contributed by atoms with Crippen LogP contribution in [0.1, 0.15) is 44.4 Å². The molecule has 1 heterocycles. The molecule has 2 rings (SSSR count).